The minimum absolute atomic E-state index is 0.0515. The zero-order valence-corrected chi connectivity index (χ0v) is 11.4. The number of nitrogens with one attached hydrogen (secondary N) is 1. The molecular weight excluding hydrogens is 238 g/mol. The van der Waals surface area contributed by atoms with Gasteiger partial charge in [-0.1, -0.05) is 12.8 Å². The Balaban J connectivity index is 1.75. The molecule has 2 heterocycles. The Kier molecular flexibility index (Phi) is 3.69. The molecule has 1 fully saturated rings. The van der Waals surface area contributed by atoms with Gasteiger partial charge in [0.05, 0.1) is 6.26 Å². The molecule has 102 valence electrons. The molecule has 1 atom stereocenters. The van der Waals surface area contributed by atoms with E-state index in [4.69, 9.17) is 4.42 Å². The Morgan fingerprint density at radius 2 is 2.32 bits per heavy atom. The molecule has 4 nitrogen and oxygen atoms in total. The number of rotatable bonds is 5. The van der Waals surface area contributed by atoms with Gasteiger partial charge in [0.15, 0.2) is 0 Å². The van der Waals surface area contributed by atoms with Gasteiger partial charge in [-0.3, -0.25) is 0 Å². The van der Waals surface area contributed by atoms with Crippen LogP contribution in [-0.2, 0) is 7.05 Å². The first-order valence-corrected chi connectivity index (χ1v) is 7.08. The highest BCUT2D eigenvalue weighted by molar-refractivity contribution is 5.15. The summed E-state index contributed by atoms with van der Waals surface area (Å²) in [4.78, 5) is 4.46. The third-order valence-corrected chi connectivity index (χ3v) is 4.03. The summed E-state index contributed by atoms with van der Waals surface area (Å²) in [6, 6.07) is 4.00. The smallest absolute Gasteiger partial charge is 0.133 e. The second-order valence-electron chi connectivity index (χ2n) is 5.40. The molecule has 1 N–H and O–H groups in total. The summed E-state index contributed by atoms with van der Waals surface area (Å²) < 4.78 is 7.62. The van der Waals surface area contributed by atoms with Crippen LogP contribution in [-0.4, -0.2) is 16.1 Å². The molecule has 0 aliphatic heterocycles. The average molecular weight is 259 g/mol. The van der Waals surface area contributed by atoms with Gasteiger partial charge in [-0.05, 0) is 37.4 Å². The van der Waals surface area contributed by atoms with E-state index in [9.17, 15) is 0 Å². The lowest BCUT2D eigenvalue weighted by atomic mass is 10.1. The van der Waals surface area contributed by atoms with Crippen LogP contribution in [0.25, 0.3) is 0 Å². The lowest BCUT2D eigenvalue weighted by molar-refractivity contribution is 0.396. The number of aryl methyl sites for hydroxylation is 1. The standard InChI is InChI=1S/C15H21N3O/c1-18-9-8-16-15(18)14(13-7-4-10-19-13)17-11-12-5-2-3-6-12/h4,7-10,12,14,17H,2-3,5-6,11H2,1H3. The van der Waals surface area contributed by atoms with Gasteiger partial charge in [-0.25, -0.2) is 4.98 Å². The molecule has 3 rings (SSSR count). The molecule has 19 heavy (non-hydrogen) atoms. The third-order valence-electron chi connectivity index (χ3n) is 4.03. The molecule has 1 saturated carbocycles. The molecule has 1 unspecified atom stereocenters. The zero-order chi connectivity index (χ0) is 13.1. The van der Waals surface area contributed by atoms with Gasteiger partial charge < -0.3 is 14.3 Å². The van der Waals surface area contributed by atoms with E-state index in [0.717, 1.165) is 24.0 Å². The van der Waals surface area contributed by atoms with Crippen LogP contribution in [0.1, 0.15) is 43.3 Å². The number of furan rings is 1. The van der Waals surface area contributed by atoms with Gasteiger partial charge in [0, 0.05) is 19.4 Å². The third kappa shape index (κ3) is 2.73. The first-order chi connectivity index (χ1) is 9.34. The van der Waals surface area contributed by atoms with E-state index in [0.29, 0.717) is 0 Å². The lowest BCUT2D eigenvalue weighted by Gasteiger charge is -2.19. The molecule has 0 radical (unpaired) electrons. The molecular formula is C15H21N3O. The van der Waals surface area contributed by atoms with E-state index >= 15 is 0 Å². The van der Waals surface area contributed by atoms with E-state index in [2.05, 4.69) is 14.9 Å². The van der Waals surface area contributed by atoms with E-state index < -0.39 is 0 Å². The Hall–Kier alpha value is -1.55. The van der Waals surface area contributed by atoms with Gasteiger partial charge >= 0.3 is 0 Å². The highest BCUT2D eigenvalue weighted by Crippen LogP contribution is 2.26. The van der Waals surface area contributed by atoms with Crippen molar-refractivity contribution in [3.05, 3.63) is 42.4 Å². The van der Waals surface area contributed by atoms with Gasteiger partial charge in [-0.2, -0.15) is 0 Å². The maximum Gasteiger partial charge on any atom is 0.133 e. The molecule has 0 bridgehead atoms. The van der Waals surface area contributed by atoms with Crippen molar-refractivity contribution >= 4 is 0 Å². The summed E-state index contributed by atoms with van der Waals surface area (Å²) in [5.41, 5.74) is 0. The predicted molar refractivity (Wildman–Crippen MR) is 73.7 cm³/mol. The molecule has 0 amide bonds. The molecule has 2 aromatic heterocycles. The highest BCUT2D eigenvalue weighted by atomic mass is 16.3. The molecule has 4 heteroatoms. The van der Waals surface area contributed by atoms with Crippen molar-refractivity contribution in [2.75, 3.05) is 6.54 Å². The van der Waals surface area contributed by atoms with Crippen molar-refractivity contribution in [1.82, 2.24) is 14.9 Å². The SMILES string of the molecule is Cn1ccnc1C(NCC1CCCC1)c1ccco1. The van der Waals surface area contributed by atoms with Crippen LogP contribution in [0.2, 0.25) is 0 Å². The van der Waals surface area contributed by atoms with Gasteiger partial charge in [-0.15, -0.1) is 0 Å². The number of hydrogen-bond acceptors (Lipinski definition) is 3. The Morgan fingerprint density at radius 3 is 2.95 bits per heavy atom. The van der Waals surface area contributed by atoms with Crippen LogP contribution in [0.3, 0.4) is 0 Å². The quantitative estimate of drug-likeness (QED) is 0.898. The summed E-state index contributed by atoms with van der Waals surface area (Å²) in [6.45, 7) is 1.04. The van der Waals surface area contributed by atoms with E-state index in [1.807, 2.05) is 31.6 Å². The minimum atomic E-state index is 0.0515. The van der Waals surface area contributed by atoms with Crippen LogP contribution in [0.5, 0.6) is 0 Å². The minimum Gasteiger partial charge on any atom is -0.467 e. The summed E-state index contributed by atoms with van der Waals surface area (Å²) in [7, 11) is 2.02. The molecule has 2 aromatic rings. The van der Waals surface area contributed by atoms with Crippen molar-refractivity contribution in [3.63, 3.8) is 0 Å². The van der Waals surface area contributed by atoms with Crippen LogP contribution in [0.15, 0.2) is 35.2 Å². The van der Waals surface area contributed by atoms with E-state index in [1.54, 1.807) is 6.26 Å². The second-order valence-corrected chi connectivity index (χ2v) is 5.40. The van der Waals surface area contributed by atoms with Gasteiger partial charge in [0.2, 0.25) is 0 Å². The van der Waals surface area contributed by atoms with Crippen molar-refractivity contribution in [2.24, 2.45) is 13.0 Å². The molecule has 0 aromatic carbocycles. The first-order valence-electron chi connectivity index (χ1n) is 7.08. The summed E-state index contributed by atoms with van der Waals surface area (Å²) in [5, 5.41) is 3.63. The predicted octanol–water partition coefficient (Wildman–Crippen LogP) is 2.88. The topological polar surface area (TPSA) is 43.0 Å². The number of imidazole rings is 1. The van der Waals surface area contributed by atoms with Crippen LogP contribution in [0.4, 0.5) is 0 Å². The maximum absolute atomic E-state index is 5.57. The monoisotopic (exact) mass is 259 g/mol. The molecule has 1 aliphatic carbocycles. The Morgan fingerprint density at radius 1 is 1.47 bits per heavy atom. The highest BCUT2D eigenvalue weighted by Gasteiger charge is 2.23. The van der Waals surface area contributed by atoms with E-state index in [1.165, 1.54) is 25.7 Å². The fraction of sp³-hybridized carbons (Fsp3) is 0.533. The Bertz CT molecular complexity index is 497. The Labute approximate surface area is 113 Å². The van der Waals surface area contributed by atoms with Crippen LogP contribution in [0, 0.1) is 5.92 Å². The summed E-state index contributed by atoms with van der Waals surface area (Å²) in [5.74, 6) is 2.75. The fourth-order valence-electron chi connectivity index (χ4n) is 2.93. The van der Waals surface area contributed by atoms with Crippen molar-refractivity contribution < 1.29 is 4.42 Å². The van der Waals surface area contributed by atoms with Crippen LogP contribution < -0.4 is 5.32 Å². The average Bonchev–Trinajstić information content (AvgIpc) is 3.13. The zero-order valence-electron chi connectivity index (χ0n) is 11.4. The fourth-order valence-corrected chi connectivity index (χ4v) is 2.93. The number of aromatic nitrogens is 2. The molecule has 0 saturated heterocycles. The second kappa shape index (κ2) is 5.61. The lowest BCUT2D eigenvalue weighted by Crippen LogP contribution is -2.29. The number of nitrogens with zero attached hydrogens (tertiary/aromatic N) is 2. The van der Waals surface area contributed by atoms with Crippen LogP contribution >= 0.6 is 0 Å². The summed E-state index contributed by atoms with van der Waals surface area (Å²) >= 11 is 0. The van der Waals surface area contributed by atoms with Gasteiger partial charge in [0.1, 0.15) is 17.6 Å². The first kappa shape index (κ1) is 12.5. The largest absolute Gasteiger partial charge is 0.467 e. The van der Waals surface area contributed by atoms with E-state index in [-0.39, 0.29) is 6.04 Å². The van der Waals surface area contributed by atoms with Crippen molar-refractivity contribution in [2.45, 2.75) is 31.7 Å². The van der Waals surface area contributed by atoms with Crippen molar-refractivity contribution in [1.29, 1.82) is 0 Å². The number of hydrogen-bond donors (Lipinski definition) is 1. The van der Waals surface area contributed by atoms with Gasteiger partial charge in [0.25, 0.3) is 0 Å². The summed E-state index contributed by atoms with van der Waals surface area (Å²) in [6.07, 6.45) is 11.0. The maximum atomic E-state index is 5.57. The molecule has 1 aliphatic rings. The normalized spacial score (nSPS) is 17.9. The van der Waals surface area contributed by atoms with Crippen molar-refractivity contribution in [3.8, 4) is 0 Å². The molecule has 0 spiro atoms.